The van der Waals surface area contributed by atoms with E-state index in [2.05, 4.69) is 20.9 Å². The Balaban J connectivity index is 2.59. The maximum absolute atomic E-state index is 11.6. The van der Waals surface area contributed by atoms with E-state index in [4.69, 9.17) is 5.11 Å². The molecule has 1 aromatic rings. The number of aliphatic carboxylic acids is 1. The number of carbonyl (C=O) groups excluding carboxylic acids is 1. The molecule has 0 amide bonds. The van der Waals surface area contributed by atoms with E-state index in [9.17, 15) is 9.59 Å². The minimum Gasteiger partial charge on any atom is -0.481 e. The molecule has 0 fully saturated rings. The summed E-state index contributed by atoms with van der Waals surface area (Å²) in [6.45, 7) is 1.87. The average molecular weight is 286 g/mol. The van der Waals surface area contributed by atoms with Crippen LogP contribution in [0.2, 0.25) is 0 Å². The van der Waals surface area contributed by atoms with Crippen molar-refractivity contribution in [2.45, 2.75) is 26.2 Å². The summed E-state index contributed by atoms with van der Waals surface area (Å²) in [6, 6.07) is 1.70. The molecule has 1 rings (SSSR count). The standard InChI is InChI=1S/C11H12BrNO3/c1-7-5-9(13-6-8(7)12)10(14)3-2-4-11(15)16/h5-6H,2-4H2,1H3,(H,15,16). The van der Waals surface area contributed by atoms with Crippen molar-refractivity contribution in [2.24, 2.45) is 0 Å². The van der Waals surface area contributed by atoms with Crippen LogP contribution in [0.25, 0.3) is 0 Å². The van der Waals surface area contributed by atoms with Crippen LogP contribution in [0.15, 0.2) is 16.7 Å². The van der Waals surface area contributed by atoms with E-state index >= 15 is 0 Å². The van der Waals surface area contributed by atoms with Crippen LogP contribution in [0.5, 0.6) is 0 Å². The third-order valence-corrected chi connectivity index (χ3v) is 2.96. The van der Waals surface area contributed by atoms with Crippen molar-refractivity contribution in [3.05, 3.63) is 28.0 Å². The molecule has 1 heterocycles. The van der Waals surface area contributed by atoms with Gasteiger partial charge in [-0.25, -0.2) is 0 Å². The fourth-order valence-electron chi connectivity index (χ4n) is 1.22. The molecule has 0 spiro atoms. The molecule has 0 aliphatic heterocycles. The number of rotatable bonds is 5. The zero-order chi connectivity index (χ0) is 12.1. The first-order valence-corrected chi connectivity index (χ1v) is 5.67. The number of carboxylic acids is 1. The van der Waals surface area contributed by atoms with Crippen LogP contribution < -0.4 is 0 Å². The fourth-order valence-corrected chi connectivity index (χ4v) is 1.44. The van der Waals surface area contributed by atoms with Gasteiger partial charge in [-0.2, -0.15) is 0 Å². The molecule has 0 saturated heterocycles. The molecule has 0 bridgehead atoms. The summed E-state index contributed by atoms with van der Waals surface area (Å²) >= 11 is 3.30. The topological polar surface area (TPSA) is 67.3 Å². The summed E-state index contributed by atoms with van der Waals surface area (Å²) < 4.78 is 0.856. The molecular formula is C11H12BrNO3. The number of hydrogen-bond donors (Lipinski definition) is 1. The lowest BCUT2D eigenvalue weighted by Gasteiger charge is -2.02. The molecule has 0 aliphatic carbocycles. The lowest BCUT2D eigenvalue weighted by atomic mass is 10.1. The van der Waals surface area contributed by atoms with Crippen molar-refractivity contribution in [3.63, 3.8) is 0 Å². The number of carbonyl (C=O) groups is 2. The maximum Gasteiger partial charge on any atom is 0.303 e. The summed E-state index contributed by atoms with van der Waals surface area (Å²) in [5.74, 6) is -0.996. The Hall–Kier alpha value is -1.23. The van der Waals surface area contributed by atoms with Crippen molar-refractivity contribution in [2.75, 3.05) is 0 Å². The molecule has 0 aliphatic rings. The monoisotopic (exact) mass is 285 g/mol. The lowest BCUT2D eigenvalue weighted by Crippen LogP contribution is -2.04. The predicted octanol–water partition coefficient (Wildman–Crippen LogP) is 2.59. The zero-order valence-corrected chi connectivity index (χ0v) is 10.5. The number of ketones is 1. The van der Waals surface area contributed by atoms with Gasteiger partial charge in [-0.1, -0.05) is 0 Å². The van der Waals surface area contributed by atoms with Gasteiger partial charge < -0.3 is 5.11 Å². The Morgan fingerprint density at radius 2 is 2.12 bits per heavy atom. The van der Waals surface area contributed by atoms with E-state index in [0.29, 0.717) is 12.1 Å². The second-order valence-corrected chi connectivity index (χ2v) is 4.34. The first-order valence-electron chi connectivity index (χ1n) is 4.88. The molecule has 0 saturated carbocycles. The molecule has 0 atom stereocenters. The predicted molar refractivity (Wildman–Crippen MR) is 62.5 cm³/mol. The van der Waals surface area contributed by atoms with E-state index in [1.807, 2.05) is 6.92 Å². The van der Waals surface area contributed by atoms with Crippen molar-refractivity contribution < 1.29 is 14.7 Å². The van der Waals surface area contributed by atoms with Gasteiger partial charge in [-0.05, 0) is 40.9 Å². The van der Waals surface area contributed by atoms with E-state index < -0.39 is 5.97 Å². The molecule has 0 aromatic carbocycles. The number of pyridine rings is 1. The Kier molecular flexibility index (Phi) is 4.61. The summed E-state index contributed by atoms with van der Waals surface area (Å²) in [5.41, 5.74) is 1.34. The second kappa shape index (κ2) is 5.75. The van der Waals surface area contributed by atoms with Crippen molar-refractivity contribution in [3.8, 4) is 0 Å². The van der Waals surface area contributed by atoms with Gasteiger partial charge in [0, 0.05) is 23.5 Å². The van der Waals surface area contributed by atoms with Gasteiger partial charge >= 0.3 is 5.97 Å². The normalized spacial score (nSPS) is 10.1. The average Bonchev–Trinajstić information content (AvgIpc) is 2.21. The summed E-state index contributed by atoms with van der Waals surface area (Å²) in [4.78, 5) is 25.9. The van der Waals surface area contributed by atoms with Gasteiger partial charge in [0.25, 0.3) is 0 Å². The van der Waals surface area contributed by atoms with Crippen molar-refractivity contribution in [1.29, 1.82) is 0 Å². The number of aryl methyl sites for hydroxylation is 1. The smallest absolute Gasteiger partial charge is 0.303 e. The number of Topliss-reactive ketones (excluding diaryl/α,β-unsaturated/α-hetero) is 1. The molecule has 0 radical (unpaired) electrons. The van der Waals surface area contributed by atoms with Gasteiger partial charge in [-0.3, -0.25) is 14.6 Å². The Bertz CT molecular complexity index is 418. The number of halogens is 1. The Labute approximate surface area is 102 Å². The maximum atomic E-state index is 11.6. The number of hydrogen-bond acceptors (Lipinski definition) is 3. The molecule has 4 nitrogen and oxygen atoms in total. The van der Waals surface area contributed by atoms with Gasteiger partial charge in [-0.15, -0.1) is 0 Å². The van der Waals surface area contributed by atoms with E-state index in [1.165, 1.54) is 0 Å². The summed E-state index contributed by atoms with van der Waals surface area (Å²) in [6.07, 6.45) is 2.17. The van der Waals surface area contributed by atoms with E-state index in [1.54, 1.807) is 12.3 Å². The van der Waals surface area contributed by atoms with Crippen LogP contribution in [-0.4, -0.2) is 21.8 Å². The number of carboxylic acid groups (broad SMARTS) is 1. The quantitative estimate of drug-likeness (QED) is 0.845. The van der Waals surface area contributed by atoms with E-state index in [-0.39, 0.29) is 18.6 Å². The lowest BCUT2D eigenvalue weighted by molar-refractivity contribution is -0.137. The molecule has 0 unspecified atom stereocenters. The first-order chi connectivity index (χ1) is 7.50. The zero-order valence-electron chi connectivity index (χ0n) is 8.86. The highest BCUT2D eigenvalue weighted by Crippen LogP contribution is 2.16. The molecule has 1 N–H and O–H groups in total. The summed E-state index contributed by atoms with van der Waals surface area (Å²) in [7, 11) is 0. The first kappa shape index (κ1) is 12.8. The molecule has 86 valence electrons. The van der Waals surface area contributed by atoms with Crippen LogP contribution in [0.1, 0.15) is 35.3 Å². The Morgan fingerprint density at radius 3 is 2.69 bits per heavy atom. The summed E-state index contributed by atoms with van der Waals surface area (Å²) in [5, 5.41) is 8.44. The third-order valence-electron chi connectivity index (χ3n) is 2.13. The van der Waals surface area contributed by atoms with Crippen molar-refractivity contribution in [1.82, 2.24) is 4.98 Å². The second-order valence-electron chi connectivity index (χ2n) is 3.49. The molecule has 1 aromatic heterocycles. The number of nitrogens with zero attached hydrogens (tertiary/aromatic N) is 1. The Morgan fingerprint density at radius 1 is 1.44 bits per heavy atom. The van der Waals surface area contributed by atoms with Gasteiger partial charge in [0.05, 0.1) is 0 Å². The highest BCUT2D eigenvalue weighted by molar-refractivity contribution is 9.10. The third kappa shape index (κ3) is 3.73. The van der Waals surface area contributed by atoms with Crippen LogP contribution in [0, 0.1) is 6.92 Å². The largest absolute Gasteiger partial charge is 0.481 e. The van der Waals surface area contributed by atoms with Crippen LogP contribution in [0.4, 0.5) is 0 Å². The van der Waals surface area contributed by atoms with Gasteiger partial charge in [0.1, 0.15) is 5.69 Å². The highest BCUT2D eigenvalue weighted by Gasteiger charge is 2.09. The van der Waals surface area contributed by atoms with Crippen LogP contribution in [0.3, 0.4) is 0 Å². The molecule has 5 heteroatoms. The minimum absolute atomic E-state index is 0.0151. The SMILES string of the molecule is Cc1cc(C(=O)CCCC(=O)O)ncc1Br. The van der Waals surface area contributed by atoms with Crippen LogP contribution >= 0.6 is 15.9 Å². The number of aromatic nitrogens is 1. The van der Waals surface area contributed by atoms with Gasteiger partial charge in [0.15, 0.2) is 5.78 Å². The highest BCUT2D eigenvalue weighted by atomic mass is 79.9. The molecule has 16 heavy (non-hydrogen) atoms. The van der Waals surface area contributed by atoms with E-state index in [0.717, 1.165) is 10.0 Å². The van der Waals surface area contributed by atoms with Crippen LogP contribution in [-0.2, 0) is 4.79 Å². The molecular weight excluding hydrogens is 274 g/mol. The fraction of sp³-hybridized carbons (Fsp3) is 0.364. The van der Waals surface area contributed by atoms with Gasteiger partial charge in [0.2, 0.25) is 0 Å². The minimum atomic E-state index is -0.882. The van der Waals surface area contributed by atoms with Crippen molar-refractivity contribution >= 4 is 27.7 Å².